The van der Waals surface area contributed by atoms with Gasteiger partial charge in [-0.3, -0.25) is 9.69 Å². The Balaban J connectivity index is 1.31. The molecule has 4 rings (SSSR count). The predicted molar refractivity (Wildman–Crippen MR) is 121 cm³/mol. The lowest BCUT2D eigenvalue weighted by molar-refractivity contribution is -0.133. The number of benzene rings is 2. The molecular formula is C23H29N3O5S. The summed E-state index contributed by atoms with van der Waals surface area (Å²) in [7, 11) is -3.51. The normalized spacial score (nSPS) is 16.5. The van der Waals surface area contributed by atoms with E-state index in [1.807, 2.05) is 49.4 Å². The summed E-state index contributed by atoms with van der Waals surface area (Å²) >= 11 is 0. The summed E-state index contributed by atoms with van der Waals surface area (Å²) in [6, 6.07) is 13.6. The standard InChI is InChI=1S/C23H29N3O5S/c1-18-3-5-19(6-4-18)15-26(32(2,28)29)16-23(27)25-11-9-24(10-12-25)14-20-7-8-21-22(13-20)31-17-30-21/h3-8,13H,9-12,14-17H2,1-2H3. The zero-order valence-corrected chi connectivity index (χ0v) is 19.3. The van der Waals surface area contributed by atoms with Crippen molar-refractivity contribution in [2.75, 3.05) is 45.8 Å². The molecule has 2 heterocycles. The van der Waals surface area contributed by atoms with Crippen molar-refractivity contribution in [2.45, 2.75) is 20.0 Å². The van der Waals surface area contributed by atoms with E-state index in [0.717, 1.165) is 54.1 Å². The number of piperazine rings is 1. The number of fused-ring (bicyclic) bond motifs is 1. The van der Waals surface area contributed by atoms with Crippen LogP contribution >= 0.6 is 0 Å². The Morgan fingerprint density at radius 1 is 0.969 bits per heavy atom. The second-order valence-electron chi connectivity index (χ2n) is 8.36. The van der Waals surface area contributed by atoms with Gasteiger partial charge in [0.2, 0.25) is 22.7 Å². The molecule has 0 aromatic heterocycles. The van der Waals surface area contributed by atoms with Gasteiger partial charge in [0.1, 0.15) is 0 Å². The molecule has 172 valence electrons. The number of carbonyl (C=O) groups excluding carboxylic acids is 1. The first-order valence-corrected chi connectivity index (χ1v) is 12.5. The van der Waals surface area contributed by atoms with Crippen molar-refractivity contribution >= 4 is 15.9 Å². The summed E-state index contributed by atoms with van der Waals surface area (Å²) in [4.78, 5) is 16.9. The van der Waals surface area contributed by atoms with Crippen molar-refractivity contribution in [3.8, 4) is 11.5 Å². The van der Waals surface area contributed by atoms with Gasteiger partial charge < -0.3 is 14.4 Å². The Labute approximate surface area is 189 Å². The van der Waals surface area contributed by atoms with Crippen molar-refractivity contribution in [3.63, 3.8) is 0 Å². The third kappa shape index (κ3) is 5.59. The van der Waals surface area contributed by atoms with E-state index in [2.05, 4.69) is 4.90 Å². The maximum absolute atomic E-state index is 12.9. The van der Waals surface area contributed by atoms with E-state index in [4.69, 9.17) is 9.47 Å². The van der Waals surface area contributed by atoms with E-state index in [1.54, 1.807) is 4.90 Å². The molecule has 1 amide bonds. The number of carbonyl (C=O) groups is 1. The second kappa shape index (κ2) is 9.48. The molecule has 9 heteroatoms. The minimum Gasteiger partial charge on any atom is -0.454 e. The summed E-state index contributed by atoms with van der Waals surface area (Å²) in [5, 5.41) is 0. The Bertz CT molecular complexity index is 1060. The molecule has 2 aliphatic rings. The number of sulfonamides is 1. The molecular weight excluding hydrogens is 430 g/mol. The van der Waals surface area contributed by atoms with Gasteiger partial charge in [-0.05, 0) is 30.2 Å². The highest BCUT2D eigenvalue weighted by Crippen LogP contribution is 2.32. The summed E-state index contributed by atoms with van der Waals surface area (Å²) in [6.45, 7) is 5.66. The highest BCUT2D eigenvalue weighted by atomic mass is 32.2. The van der Waals surface area contributed by atoms with E-state index < -0.39 is 10.0 Å². The molecule has 8 nitrogen and oxygen atoms in total. The highest BCUT2D eigenvalue weighted by molar-refractivity contribution is 7.88. The van der Waals surface area contributed by atoms with Crippen LogP contribution in [0.5, 0.6) is 11.5 Å². The van der Waals surface area contributed by atoms with Crippen LogP contribution in [0.2, 0.25) is 0 Å². The highest BCUT2D eigenvalue weighted by Gasteiger charge is 2.26. The molecule has 0 N–H and O–H groups in total. The van der Waals surface area contributed by atoms with Gasteiger partial charge in [0.15, 0.2) is 11.5 Å². The van der Waals surface area contributed by atoms with E-state index >= 15 is 0 Å². The van der Waals surface area contributed by atoms with Crippen LogP contribution in [0.3, 0.4) is 0 Å². The van der Waals surface area contributed by atoms with Gasteiger partial charge in [-0.25, -0.2) is 8.42 Å². The van der Waals surface area contributed by atoms with Crippen LogP contribution in [0, 0.1) is 6.92 Å². The molecule has 0 bridgehead atoms. The van der Waals surface area contributed by atoms with Crippen LogP contribution in [0.25, 0.3) is 0 Å². The molecule has 0 atom stereocenters. The Hall–Kier alpha value is -2.62. The van der Waals surface area contributed by atoms with Crippen molar-refractivity contribution in [1.29, 1.82) is 0 Å². The molecule has 2 aromatic rings. The fraction of sp³-hybridized carbons (Fsp3) is 0.435. The zero-order valence-electron chi connectivity index (χ0n) is 18.5. The Morgan fingerprint density at radius 2 is 1.62 bits per heavy atom. The number of hydrogen-bond donors (Lipinski definition) is 0. The summed E-state index contributed by atoms with van der Waals surface area (Å²) in [5.74, 6) is 1.38. The quantitative estimate of drug-likeness (QED) is 0.629. The van der Waals surface area contributed by atoms with Gasteiger partial charge in [-0.1, -0.05) is 35.9 Å². The first-order chi connectivity index (χ1) is 15.3. The lowest BCUT2D eigenvalue weighted by Gasteiger charge is -2.35. The van der Waals surface area contributed by atoms with Crippen molar-refractivity contribution in [2.24, 2.45) is 0 Å². The third-order valence-electron chi connectivity index (χ3n) is 5.83. The average Bonchev–Trinajstić information content (AvgIpc) is 3.22. The molecule has 0 unspecified atom stereocenters. The van der Waals surface area contributed by atoms with Gasteiger partial charge >= 0.3 is 0 Å². The summed E-state index contributed by atoms with van der Waals surface area (Å²) in [6.07, 6.45) is 1.15. The van der Waals surface area contributed by atoms with Crippen LogP contribution in [-0.4, -0.2) is 74.2 Å². The predicted octanol–water partition coefficient (Wildman–Crippen LogP) is 1.83. The maximum Gasteiger partial charge on any atom is 0.237 e. The number of nitrogens with zero attached hydrogens (tertiary/aromatic N) is 3. The fourth-order valence-electron chi connectivity index (χ4n) is 3.89. The van der Waals surface area contributed by atoms with E-state index in [1.165, 1.54) is 4.31 Å². The molecule has 0 aliphatic carbocycles. The lowest BCUT2D eigenvalue weighted by Crippen LogP contribution is -2.51. The summed E-state index contributed by atoms with van der Waals surface area (Å²) < 4.78 is 36.6. The molecule has 1 fully saturated rings. The van der Waals surface area contributed by atoms with Crippen molar-refractivity contribution < 1.29 is 22.7 Å². The molecule has 0 radical (unpaired) electrons. The van der Waals surface area contributed by atoms with Gasteiger partial charge in [0, 0.05) is 39.3 Å². The number of ether oxygens (including phenoxy) is 2. The zero-order chi connectivity index (χ0) is 22.7. The maximum atomic E-state index is 12.9. The molecule has 2 aromatic carbocycles. The number of amides is 1. The van der Waals surface area contributed by atoms with Crippen LogP contribution in [0.15, 0.2) is 42.5 Å². The van der Waals surface area contributed by atoms with Gasteiger partial charge in [0.05, 0.1) is 12.8 Å². The lowest BCUT2D eigenvalue weighted by atomic mass is 10.1. The monoisotopic (exact) mass is 459 g/mol. The largest absolute Gasteiger partial charge is 0.454 e. The molecule has 0 saturated carbocycles. The first-order valence-electron chi connectivity index (χ1n) is 10.7. The minimum atomic E-state index is -3.51. The Morgan fingerprint density at radius 3 is 2.31 bits per heavy atom. The smallest absolute Gasteiger partial charge is 0.237 e. The average molecular weight is 460 g/mol. The summed E-state index contributed by atoms with van der Waals surface area (Å²) in [5.41, 5.74) is 3.10. The van der Waals surface area contributed by atoms with E-state index in [9.17, 15) is 13.2 Å². The number of rotatable bonds is 7. The van der Waals surface area contributed by atoms with Crippen LogP contribution < -0.4 is 9.47 Å². The van der Waals surface area contributed by atoms with Gasteiger partial charge in [-0.2, -0.15) is 4.31 Å². The molecule has 0 spiro atoms. The number of hydrogen-bond acceptors (Lipinski definition) is 6. The SMILES string of the molecule is Cc1ccc(CN(CC(=O)N2CCN(Cc3ccc4c(c3)OCO4)CC2)S(C)(=O)=O)cc1. The third-order valence-corrected chi connectivity index (χ3v) is 7.02. The fourth-order valence-corrected chi connectivity index (χ4v) is 4.62. The van der Waals surface area contributed by atoms with Crippen LogP contribution in [0.1, 0.15) is 16.7 Å². The number of aryl methyl sites for hydroxylation is 1. The van der Waals surface area contributed by atoms with E-state index in [-0.39, 0.29) is 25.8 Å². The van der Waals surface area contributed by atoms with Crippen LogP contribution in [0.4, 0.5) is 0 Å². The van der Waals surface area contributed by atoms with Crippen LogP contribution in [-0.2, 0) is 27.9 Å². The van der Waals surface area contributed by atoms with Crippen molar-refractivity contribution in [1.82, 2.24) is 14.1 Å². The minimum absolute atomic E-state index is 0.144. The Kier molecular flexibility index (Phi) is 6.68. The van der Waals surface area contributed by atoms with Crippen molar-refractivity contribution in [3.05, 3.63) is 59.2 Å². The van der Waals surface area contributed by atoms with Gasteiger partial charge in [-0.15, -0.1) is 0 Å². The molecule has 2 aliphatic heterocycles. The molecule has 1 saturated heterocycles. The first kappa shape index (κ1) is 22.6. The second-order valence-corrected chi connectivity index (χ2v) is 10.3. The molecule has 32 heavy (non-hydrogen) atoms. The van der Waals surface area contributed by atoms with E-state index in [0.29, 0.717) is 13.1 Å². The topological polar surface area (TPSA) is 79.4 Å². The van der Waals surface area contributed by atoms with Gasteiger partial charge in [0.25, 0.3) is 0 Å².